The molecule has 0 saturated heterocycles. The maximum absolute atomic E-state index is 7.20. The van der Waals surface area contributed by atoms with Crippen LogP contribution < -0.4 is 8.85 Å². The van der Waals surface area contributed by atoms with Gasteiger partial charge in [-0.15, -0.1) is 0 Å². The molecule has 2 aromatic rings. The molecule has 5 heteroatoms. The lowest BCUT2D eigenvalue weighted by atomic mass is 10.2. The SMILES string of the molecule is CC(C)[Si](Oc1ccc(O[Si](C(C)C)(C(C)C)C(C)C)n1Cc1ccccc1)(C(C)C)C(C)C. The zero-order valence-electron chi connectivity index (χ0n) is 24.0. The highest BCUT2D eigenvalue weighted by Gasteiger charge is 2.49. The molecular formula is C29H51NO2Si2. The predicted molar refractivity (Wildman–Crippen MR) is 153 cm³/mol. The second-order valence-corrected chi connectivity index (χ2v) is 22.7. The quantitative estimate of drug-likeness (QED) is 0.270. The fourth-order valence-electron chi connectivity index (χ4n) is 6.60. The Morgan fingerprint density at radius 3 is 1.15 bits per heavy atom. The number of hydrogen-bond acceptors (Lipinski definition) is 2. The van der Waals surface area contributed by atoms with Gasteiger partial charge in [0.2, 0.25) is 0 Å². The van der Waals surface area contributed by atoms with Gasteiger partial charge in [-0.25, -0.2) is 0 Å². The van der Waals surface area contributed by atoms with Gasteiger partial charge in [0.1, 0.15) is 0 Å². The molecule has 0 spiro atoms. The van der Waals surface area contributed by atoms with Crippen molar-refractivity contribution < 1.29 is 8.85 Å². The highest BCUT2D eigenvalue weighted by Crippen LogP contribution is 2.46. The Morgan fingerprint density at radius 2 is 0.853 bits per heavy atom. The summed E-state index contributed by atoms with van der Waals surface area (Å²) in [6.45, 7) is 29.0. The minimum absolute atomic E-state index is 0.521. The Kier molecular flexibility index (Phi) is 9.74. The van der Waals surface area contributed by atoms with Crippen molar-refractivity contribution in [2.75, 3.05) is 0 Å². The van der Waals surface area contributed by atoms with E-state index >= 15 is 0 Å². The van der Waals surface area contributed by atoms with Gasteiger partial charge in [0, 0.05) is 12.1 Å². The topological polar surface area (TPSA) is 23.4 Å². The van der Waals surface area contributed by atoms with E-state index in [-0.39, 0.29) is 0 Å². The molecular weight excluding hydrogens is 450 g/mol. The molecule has 34 heavy (non-hydrogen) atoms. The summed E-state index contributed by atoms with van der Waals surface area (Å²) in [7, 11) is -4.19. The first-order chi connectivity index (χ1) is 15.8. The lowest BCUT2D eigenvalue weighted by molar-refractivity contribution is 0.402. The van der Waals surface area contributed by atoms with Crippen molar-refractivity contribution in [3.8, 4) is 11.8 Å². The average Bonchev–Trinajstić information content (AvgIpc) is 3.09. The van der Waals surface area contributed by atoms with Gasteiger partial charge in [0.25, 0.3) is 16.6 Å². The average molecular weight is 502 g/mol. The monoisotopic (exact) mass is 501 g/mol. The van der Waals surface area contributed by atoms with Crippen molar-refractivity contribution in [3.05, 3.63) is 48.0 Å². The molecule has 0 atom stereocenters. The molecule has 192 valence electrons. The van der Waals surface area contributed by atoms with Gasteiger partial charge < -0.3 is 8.85 Å². The Balaban J connectivity index is 2.66. The molecule has 3 nitrogen and oxygen atoms in total. The van der Waals surface area contributed by atoms with E-state index in [2.05, 4.69) is 130 Å². The smallest absolute Gasteiger partial charge is 0.260 e. The van der Waals surface area contributed by atoms with Crippen molar-refractivity contribution in [1.82, 2.24) is 4.57 Å². The van der Waals surface area contributed by atoms with Crippen LogP contribution in [0.1, 0.15) is 88.6 Å². The number of nitrogens with zero attached hydrogens (tertiary/aromatic N) is 1. The molecule has 0 N–H and O–H groups in total. The van der Waals surface area contributed by atoms with Crippen LogP contribution in [0.25, 0.3) is 0 Å². The number of hydrogen-bond donors (Lipinski definition) is 0. The van der Waals surface area contributed by atoms with Crippen LogP contribution in [-0.2, 0) is 6.54 Å². The third-order valence-corrected chi connectivity index (χ3v) is 20.0. The molecule has 0 amide bonds. The van der Waals surface area contributed by atoms with Gasteiger partial charge in [0.05, 0.1) is 6.54 Å². The number of aromatic nitrogens is 1. The van der Waals surface area contributed by atoms with Crippen molar-refractivity contribution in [1.29, 1.82) is 0 Å². The van der Waals surface area contributed by atoms with Crippen molar-refractivity contribution in [3.63, 3.8) is 0 Å². The normalized spacial score (nSPS) is 13.2. The van der Waals surface area contributed by atoms with Crippen LogP contribution in [0, 0.1) is 0 Å². The zero-order chi connectivity index (χ0) is 25.8. The Labute approximate surface area is 212 Å². The molecule has 0 bridgehead atoms. The molecule has 0 fully saturated rings. The molecule has 1 aromatic carbocycles. The molecule has 0 aliphatic rings. The van der Waals surface area contributed by atoms with E-state index in [1.54, 1.807) is 0 Å². The standard InChI is InChI=1S/C29H51NO2Si2/c1-21(2)33(22(3)4,23(5)6)31-28-18-19-29(30(28)20-27-16-14-13-15-17-27)32-34(24(7)8,25(9)10)26(11)12/h13-19,21-26H,20H2,1-12H3. The van der Waals surface area contributed by atoms with E-state index in [1.165, 1.54) is 5.56 Å². The van der Waals surface area contributed by atoms with E-state index < -0.39 is 16.6 Å². The summed E-state index contributed by atoms with van der Waals surface area (Å²) < 4.78 is 16.7. The van der Waals surface area contributed by atoms with Crippen LogP contribution in [0.2, 0.25) is 33.2 Å². The molecule has 0 saturated carbocycles. The molecule has 1 aromatic heterocycles. The summed E-state index contributed by atoms with van der Waals surface area (Å²) in [5, 5.41) is 0. The van der Waals surface area contributed by atoms with Crippen LogP contribution in [0.15, 0.2) is 42.5 Å². The summed E-state index contributed by atoms with van der Waals surface area (Å²) in [5.74, 6) is 1.95. The molecule has 0 aliphatic carbocycles. The van der Waals surface area contributed by atoms with Crippen LogP contribution >= 0.6 is 0 Å². The minimum Gasteiger partial charge on any atom is -0.531 e. The van der Waals surface area contributed by atoms with E-state index in [1.807, 2.05) is 0 Å². The zero-order valence-corrected chi connectivity index (χ0v) is 26.0. The Hall–Kier alpha value is -1.47. The molecule has 0 unspecified atom stereocenters. The summed E-state index contributed by atoms with van der Waals surface area (Å²) in [6, 6.07) is 15.1. The fourth-order valence-corrected chi connectivity index (χ4v) is 17.1. The van der Waals surface area contributed by atoms with Crippen molar-refractivity contribution in [2.24, 2.45) is 0 Å². The first kappa shape index (κ1) is 28.8. The van der Waals surface area contributed by atoms with Gasteiger partial charge in [-0.2, -0.15) is 0 Å². The van der Waals surface area contributed by atoms with Crippen LogP contribution in [0.3, 0.4) is 0 Å². The van der Waals surface area contributed by atoms with E-state index in [9.17, 15) is 0 Å². The predicted octanol–water partition coefficient (Wildman–Crippen LogP) is 9.64. The van der Waals surface area contributed by atoms with Crippen LogP contribution in [-0.4, -0.2) is 21.2 Å². The minimum atomic E-state index is -2.09. The van der Waals surface area contributed by atoms with Crippen molar-refractivity contribution >= 4 is 16.6 Å². The second kappa shape index (κ2) is 11.5. The van der Waals surface area contributed by atoms with Crippen molar-refractivity contribution in [2.45, 2.75) is 123 Å². The Morgan fingerprint density at radius 1 is 0.529 bits per heavy atom. The first-order valence-corrected chi connectivity index (χ1v) is 17.7. The summed E-state index contributed by atoms with van der Waals surface area (Å²) >= 11 is 0. The molecule has 1 heterocycles. The van der Waals surface area contributed by atoms with Gasteiger partial charge in [-0.3, -0.25) is 4.57 Å². The van der Waals surface area contributed by atoms with E-state index in [0.717, 1.165) is 18.3 Å². The summed E-state index contributed by atoms with van der Waals surface area (Å²) in [4.78, 5) is 0. The maximum atomic E-state index is 7.20. The molecule has 0 radical (unpaired) electrons. The molecule has 0 aliphatic heterocycles. The maximum Gasteiger partial charge on any atom is 0.260 e. The van der Waals surface area contributed by atoms with Crippen LogP contribution in [0.4, 0.5) is 0 Å². The number of benzene rings is 1. The van der Waals surface area contributed by atoms with Crippen LogP contribution in [0.5, 0.6) is 11.8 Å². The van der Waals surface area contributed by atoms with Gasteiger partial charge in [-0.1, -0.05) is 113 Å². The highest BCUT2D eigenvalue weighted by atomic mass is 28.4. The van der Waals surface area contributed by atoms with Gasteiger partial charge in [0.15, 0.2) is 11.8 Å². The summed E-state index contributed by atoms with van der Waals surface area (Å²) in [6.07, 6.45) is 0. The van der Waals surface area contributed by atoms with Gasteiger partial charge >= 0.3 is 0 Å². The third-order valence-electron chi connectivity index (χ3n) is 8.06. The lowest BCUT2D eigenvalue weighted by Crippen LogP contribution is -2.51. The number of rotatable bonds is 12. The fraction of sp³-hybridized carbons (Fsp3) is 0.655. The first-order valence-electron chi connectivity index (χ1n) is 13.4. The highest BCUT2D eigenvalue weighted by molar-refractivity contribution is 6.78. The second-order valence-electron chi connectivity index (χ2n) is 11.9. The largest absolute Gasteiger partial charge is 0.531 e. The van der Waals surface area contributed by atoms with E-state index in [0.29, 0.717) is 33.2 Å². The summed E-state index contributed by atoms with van der Waals surface area (Å²) in [5.41, 5.74) is 4.39. The third kappa shape index (κ3) is 5.51. The lowest BCUT2D eigenvalue weighted by Gasteiger charge is -2.43. The van der Waals surface area contributed by atoms with E-state index in [4.69, 9.17) is 8.85 Å². The Bertz CT molecular complexity index is 790. The molecule has 2 rings (SSSR count). The van der Waals surface area contributed by atoms with Gasteiger partial charge in [-0.05, 0) is 38.8 Å².